The van der Waals surface area contributed by atoms with Crippen molar-refractivity contribution in [3.8, 4) is 11.3 Å². The highest BCUT2D eigenvalue weighted by atomic mass is 19.1. The third-order valence-electron chi connectivity index (χ3n) is 3.52. The molecule has 1 saturated heterocycles. The lowest BCUT2D eigenvalue weighted by molar-refractivity contribution is -0.143. The van der Waals surface area contributed by atoms with Crippen molar-refractivity contribution in [2.75, 3.05) is 13.7 Å². The Bertz CT molecular complexity index is 869. The largest absolute Gasteiger partial charge is 0.468 e. The van der Waals surface area contributed by atoms with Crippen LogP contribution in [0.25, 0.3) is 17.4 Å². The Kier molecular flexibility index (Phi) is 4.34. The number of hydrogen-bond acceptors (Lipinski definition) is 5. The highest BCUT2D eigenvalue weighted by Crippen LogP contribution is 2.24. The monoisotopic (exact) mass is 344 g/mol. The number of urea groups is 1. The molecule has 128 valence electrons. The van der Waals surface area contributed by atoms with Crippen LogP contribution in [-0.2, 0) is 14.3 Å². The molecule has 0 atom stereocenters. The summed E-state index contributed by atoms with van der Waals surface area (Å²) < 4.78 is 23.0. The fraction of sp³-hybridized carbons (Fsp3) is 0.118. The van der Waals surface area contributed by atoms with Gasteiger partial charge in [-0.3, -0.25) is 9.59 Å². The van der Waals surface area contributed by atoms with Crippen LogP contribution in [0.1, 0.15) is 5.76 Å². The van der Waals surface area contributed by atoms with Crippen LogP contribution in [0.5, 0.6) is 0 Å². The number of ether oxygens (including phenoxy) is 1. The molecule has 0 unspecified atom stereocenters. The summed E-state index contributed by atoms with van der Waals surface area (Å²) in [6.45, 7) is -0.475. The van der Waals surface area contributed by atoms with Crippen molar-refractivity contribution in [3.05, 3.63) is 53.7 Å². The van der Waals surface area contributed by atoms with Crippen LogP contribution in [0.4, 0.5) is 9.18 Å². The van der Waals surface area contributed by atoms with Gasteiger partial charge in [0.1, 0.15) is 29.6 Å². The molecular weight excluding hydrogens is 331 g/mol. The molecule has 1 aliphatic rings. The summed E-state index contributed by atoms with van der Waals surface area (Å²) in [5.41, 5.74) is 0.647. The summed E-state index contributed by atoms with van der Waals surface area (Å²) in [6.07, 6.45) is 1.35. The molecule has 1 N–H and O–H groups in total. The van der Waals surface area contributed by atoms with Gasteiger partial charge in [-0.25, -0.2) is 14.1 Å². The Hall–Kier alpha value is -3.42. The van der Waals surface area contributed by atoms with Crippen LogP contribution in [0.15, 0.2) is 46.5 Å². The van der Waals surface area contributed by atoms with Gasteiger partial charge < -0.3 is 14.5 Å². The molecule has 1 aromatic heterocycles. The molecule has 0 aliphatic carbocycles. The molecule has 3 amide bonds. The number of nitrogens with zero attached hydrogens (tertiary/aromatic N) is 1. The summed E-state index contributed by atoms with van der Waals surface area (Å²) in [6, 6.07) is 8.29. The first-order chi connectivity index (χ1) is 12.0. The predicted molar refractivity (Wildman–Crippen MR) is 84.3 cm³/mol. The van der Waals surface area contributed by atoms with Crippen LogP contribution in [-0.4, -0.2) is 36.5 Å². The quantitative estimate of drug-likeness (QED) is 0.521. The van der Waals surface area contributed by atoms with Gasteiger partial charge in [0.05, 0.1) is 7.11 Å². The molecule has 2 aromatic rings. The first kappa shape index (κ1) is 16.4. The minimum absolute atomic E-state index is 0.0195. The molecule has 25 heavy (non-hydrogen) atoms. The topological polar surface area (TPSA) is 88.8 Å². The van der Waals surface area contributed by atoms with Gasteiger partial charge in [-0.1, -0.05) is 0 Å². The van der Waals surface area contributed by atoms with E-state index in [9.17, 15) is 18.8 Å². The van der Waals surface area contributed by atoms with E-state index in [0.717, 1.165) is 12.0 Å². The van der Waals surface area contributed by atoms with Gasteiger partial charge in [0.15, 0.2) is 0 Å². The third-order valence-corrected chi connectivity index (χ3v) is 3.52. The zero-order valence-corrected chi connectivity index (χ0v) is 13.1. The van der Waals surface area contributed by atoms with Gasteiger partial charge in [0.25, 0.3) is 5.91 Å². The minimum atomic E-state index is -0.716. The second kappa shape index (κ2) is 6.60. The van der Waals surface area contributed by atoms with E-state index < -0.39 is 24.5 Å². The second-order valence-electron chi connectivity index (χ2n) is 5.16. The van der Waals surface area contributed by atoms with E-state index >= 15 is 0 Å². The maximum absolute atomic E-state index is 13.0. The Morgan fingerprint density at radius 1 is 1.24 bits per heavy atom. The molecule has 2 heterocycles. The molecule has 0 radical (unpaired) electrons. The van der Waals surface area contributed by atoms with Gasteiger partial charge >= 0.3 is 12.0 Å². The van der Waals surface area contributed by atoms with E-state index in [1.54, 1.807) is 24.3 Å². The van der Waals surface area contributed by atoms with E-state index in [4.69, 9.17) is 4.42 Å². The van der Waals surface area contributed by atoms with E-state index in [1.165, 1.54) is 18.2 Å². The fourth-order valence-corrected chi connectivity index (χ4v) is 2.25. The summed E-state index contributed by atoms with van der Waals surface area (Å²) >= 11 is 0. The number of hydrogen-bond donors (Lipinski definition) is 1. The highest BCUT2D eigenvalue weighted by Gasteiger charge is 2.35. The molecule has 3 rings (SSSR count). The molecule has 1 aliphatic heterocycles. The average molecular weight is 344 g/mol. The summed E-state index contributed by atoms with van der Waals surface area (Å²) in [5, 5.41) is 2.37. The number of imide groups is 1. The Morgan fingerprint density at radius 2 is 1.96 bits per heavy atom. The van der Waals surface area contributed by atoms with Gasteiger partial charge in [0, 0.05) is 11.6 Å². The SMILES string of the molecule is COC(=O)CN1C(=O)N/C(=C/c2ccc(-c3ccc(F)cc3)o2)C1=O. The van der Waals surface area contributed by atoms with Gasteiger partial charge in [-0.15, -0.1) is 0 Å². The lowest BCUT2D eigenvalue weighted by atomic mass is 10.2. The van der Waals surface area contributed by atoms with Crippen molar-refractivity contribution in [1.29, 1.82) is 0 Å². The molecule has 1 fully saturated rings. The van der Waals surface area contributed by atoms with Gasteiger partial charge in [-0.05, 0) is 36.4 Å². The smallest absolute Gasteiger partial charge is 0.329 e. The standard InChI is InChI=1S/C17H13FN2O5/c1-24-15(21)9-20-16(22)13(19-17(20)23)8-12-6-7-14(25-12)10-2-4-11(18)5-3-10/h2-8H,9H2,1H3,(H,19,23)/b13-8+. The Labute approximate surface area is 141 Å². The van der Waals surface area contributed by atoms with E-state index in [2.05, 4.69) is 10.1 Å². The molecule has 0 spiro atoms. The number of methoxy groups -OCH3 is 1. The average Bonchev–Trinajstić information content (AvgIpc) is 3.16. The van der Waals surface area contributed by atoms with Gasteiger partial charge in [-0.2, -0.15) is 0 Å². The van der Waals surface area contributed by atoms with Crippen LogP contribution < -0.4 is 5.32 Å². The summed E-state index contributed by atoms with van der Waals surface area (Å²) in [7, 11) is 1.16. The number of amides is 3. The minimum Gasteiger partial charge on any atom is -0.468 e. The maximum atomic E-state index is 13.0. The molecular formula is C17H13FN2O5. The van der Waals surface area contributed by atoms with Gasteiger partial charge in [0.2, 0.25) is 0 Å². The Balaban J connectivity index is 1.79. The van der Waals surface area contributed by atoms with Crippen molar-refractivity contribution >= 4 is 24.0 Å². The second-order valence-corrected chi connectivity index (χ2v) is 5.16. The van der Waals surface area contributed by atoms with E-state index in [1.807, 2.05) is 0 Å². The molecule has 0 bridgehead atoms. The van der Waals surface area contributed by atoms with Crippen LogP contribution in [0.3, 0.4) is 0 Å². The maximum Gasteiger partial charge on any atom is 0.329 e. The number of furan rings is 1. The van der Waals surface area contributed by atoms with Crippen molar-refractivity contribution in [1.82, 2.24) is 10.2 Å². The number of benzene rings is 1. The van der Waals surface area contributed by atoms with Crippen molar-refractivity contribution in [2.24, 2.45) is 0 Å². The lowest BCUT2D eigenvalue weighted by Crippen LogP contribution is -2.36. The van der Waals surface area contributed by atoms with E-state index in [0.29, 0.717) is 17.1 Å². The van der Waals surface area contributed by atoms with Crippen molar-refractivity contribution in [3.63, 3.8) is 0 Å². The molecule has 7 nitrogen and oxygen atoms in total. The first-order valence-electron chi connectivity index (χ1n) is 7.25. The number of rotatable bonds is 4. The highest BCUT2D eigenvalue weighted by molar-refractivity contribution is 6.15. The number of carbonyl (C=O) groups excluding carboxylic acids is 3. The number of carbonyl (C=O) groups is 3. The van der Waals surface area contributed by atoms with Crippen molar-refractivity contribution < 1.29 is 27.9 Å². The summed E-state index contributed by atoms with van der Waals surface area (Å²) in [4.78, 5) is 35.9. The zero-order chi connectivity index (χ0) is 18.0. The normalized spacial score (nSPS) is 15.6. The number of halogens is 1. The molecule has 0 saturated carbocycles. The molecule has 8 heteroatoms. The molecule has 1 aromatic carbocycles. The van der Waals surface area contributed by atoms with Crippen LogP contribution in [0, 0.1) is 5.82 Å². The number of esters is 1. The third kappa shape index (κ3) is 3.42. The first-order valence-corrected chi connectivity index (χ1v) is 7.25. The zero-order valence-electron chi connectivity index (χ0n) is 13.1. The fourth-order valence-electron chi connectivity index (χ4n) is 2.25. The predicted octanol–water partition coefficient (Wildman–Crippen LogP) is 2.15. The Morgan fingerprint density at radius 3 is 2.64 bits per heavy atom. The lowest BCUT2D eigenvalue weighted by Gasteiger charge is -2.08. The summed E-state index contributed by atoms with van der Waals surface area (Å²) in [5.74, 6) is -0.919. The van der Waals surface area contributed by atoms with E-state index in [-0.39, 0.29) is 11.5 Å². The van der Waals surface area contributed by atoms with Crippen LogP contribution >= 0.6 is 0 Å². The van der Waals surface area contributed by atoms with Crippen LogP contribution in [0.2, 0.25) is 0 Å². The number of nitrogens with one attached hydrogen (secondary N) is 1. The van der Waals surface area contributed by atoms with Crippen molar-refractivity contribution in [2.45, 2.75) is 0 Å².